The van der Waals surface area contributed by atoms with E-state index < -0.39 is 0 Å². The summed E-state index contributed by atoms with van der Waals surface area (Å²) in [5, 5.41) is 3.31. The number of benzene rings is 1. The fourth-order valence-electron chi connectivity index (χ4n) is 4.29. The molecule has 0 spiro atoms. The van der Waals surface area contributed by atoms with E-state index in [1.165, 1.54) is 5.56 Å². The maximum absolute atomic E-state index is 5.96. The molecule has 4 rings (SSSR count). The number of anilines is 2. The number of pyridine rings is 1. The van der Waals surface area contributed by atoms with E-state index >= 15 is 0 Å². The summed E-state index contributed by atoms with van der Waals surface area (Å²) in [6.45, 7) is 8.53. The molecule has 1 atom stereocenters. The van der Waals surface area contributed by atoms with Crippen molar-refractivity contribution in [2.75, 3.05) is 19.0 Å². The third-order valence-corrected chi connectivity index (χ3v) is 5.79. The predicted octanol–water partition coefficient (Wildman–Crippen LogP) is 5.19. The van der Waals surface area contributed by atoms with E-state index in [-0.39, 0.29) is 12.1 Å². The van der Waals surface area contributed by atoms with Gasteiger partial charge in [-0.15, -0.1) is 0 Å². The van der Waals surface area contributed by atoms with Crippen molar-refractivity contribution in [3.05, 3.63) is 71.3 Å². The van der Waals surface area contributed by atoms with E-state index in [9.17, 15) is 0 Å². The second-order valence-electron chi connectivity index (χ2n) is 8.79. The summed E-state index contributed by atoms with van der Waals surface area (Å²) in [6.07, 6.45) is 7.75. The number of methoxy groups -OCH3 is 1. The quantitative estimate of drug-likeness (QED) is 0.484. The maximum Gasteiger partial charge on any atom is 0.150 e. The first-order valence-electron chi connectivity index (χ1n) is 11.6. The van der Waals surface area contributed by atoms with Crippen molar-refractivity contribution in [2.45, 2.75) is 58.9 Å². The van der Waals surface area contributed by atoms with Crippen LogP contribution in [0, 0.1) is 6.92 Å². The van der Waals surface area contributed by atoms with Crippen LogP contribution in [0.4, 0.5) is 11.6 Å². The Morgan fingerprint density at radius 2 is 2.09 bits per heavy atom. The molecule has 2 aromatic heterocycles. The highest BCUT2D eigenvalue weighted by atomic mass is 16.5. The minimum atomic E-state index is 0.128. The van der Waals surface area contributed by atoms with E-state index in [2.05, 4.69) is 38.4 Å². The summed E-state index contributed by atoms with van der Waals surface area (Å²) in [5.74, 6) is 2.42. The first-order valence-corrected chi connectivity index (χ1v) is 11.6. The Balaban J connectivity index is 1.50. The van der Waals surface area contributed by atoms with Crippen molar-refractivity contribution in [3.63, 3.8) is 0 Å². The Labute approximate surface area is 196 Å². The zero-order valence-electron chi connectivity index (χ0n) is 19.9. The molecule has 1 unspecified atom stereocenters. The van der Waals surface area contributed by atoms with Crippen molar-refractivity contribution in [2.24, 2.45) is 0 Å². The van der Waals surface area contributed by atoms with Gasteiger partial charge in [0.05, 0.1) is 36.8 Å². The van der Waals surface area contributed by atoms with Gasteiger partial charge in [-0.05, 0) is 69.5 Å². The van der Waals surface area contributed by atoms with Crippen LogP contribution in [0.2, 0.25) is 0 Å². The van der Waals surface area contributed by atoms with Gasteiger partial charge in [0.1, 0.15) is 17.4 Å². The molecule has 1 saturated heterocycles. The minimum Gasteiger partial charge on any atom is -0.491 e. The van der Waals surface area contributed by atoms with Crippen molar-refractivity contribution in [1.82, 2.24) is 19.9 Å². The largest absolute Gasteiger partial charge is 0.491 e. The average molecular weight is 448 g/mol. The predicted molar refractivity (Wildman–Crippen MR) is 130 cm³/mol. The molecule has 1 fully saturated rings. The zero-order chi connectivity index (χ0) is 23.2. The van der Waals surface area contributed by atoms with E-state index in [1.54, 1.807) is 19.5 Å². The Kier molecular flexibility index (Phi) is 7.52. The van der Waals surface area contributed by atoms with Gasteiger partial charge in [-0.2, -0.15) is 0 Å². The number of likely N-dealkylation sites (tertiary alicyclic amines) is 1. The normalized spacial score (nSPS) is 16.3. The number of nitrogens with zero attached hydrogens (tertiary/aromatic N) is 4. The highest BCUT2D eigenvalue weighted by Crippen LogP contribution is 2.33. The van der Waals surface area contributed by atoms with Crippen molar-refractivity contribution >= 4 is 11.6 Å². The summed E-state index contributed by atoms with van der Waals surface area (Å²) in [7, 11) is 1.72. The highest BCUT2D eigenvalue weighted by molar-refractivity contribution is 5.54. The van der Waals surface area contributed by atoms with Gasteiger partial charge in [0, 0.05) is 25.4 Å². The maximum atomic E-state index is 5.96. The van der Waals surface area contributed by atoms with E-state index in [0.29, 0.717) is 6.61 Å². The molecule has 7 nitrogen and oxygen atoms in total. The molecule has 1 N–H and O–H groups in total. The van der Waals surface area contributed by atoms with Crippen LogP contribution in [0.3, 0.4) is 0 Å². The SMILES string of the molecule is COCc1cc(CN2CCCC2c2cncc(Nc3ncccc3C)n2)ccc1OC(C)C. The summed E-state index contributed by atoms with van der Waals surface area (Å²) in [6, 6.07) is 10.6. The molecule has 1 aromatic carbocycles. The molecular weight excluding hydrogens is 414 g/mol. The molecule has 3 heterocycles. The van der Waals surface area contributed by atoms with Crippen molar-refractivity contribution in [3.8, 4) is 5.75 Å². The average Bonchev–Trinajstić information content (AvgIpc) is 3.25. The first-order chi connectivity index (χ1) is 16.0. The third kappa shape index (κ3) is 5.86. The monoisotopic (exact) mass is 447 g/mol. The van der Waals surface area contributed by atoms with Crippen molar-refractivity contribution in [1.29, 1.82) is 0 Å². The van der Waals surface area contributed by atoms with Crippen LogP contribution < -0.4 is 10.1 Å². The van der Waals surface area contributed by atoms with Crippen LogP contribution in [0.5, 0.6) is 5.75 Å². The highest BCUT2D eigenvalue weighted by Gasteiger charge is 2.28. The fraction of sp³-hybridized carbons (Fsp3) is 0.423. The summed E-state index contributed by atoms with van der Waals surface area (Å²) in [5.41, 5.74) is 4.39. The lowest BCUT2D eigenvalue weighted by molar-refractivity contribution is 0.174. The molecule has 33 heavy (non-hydrogen) atoms. The van der Waals surface area contributed by atoms with E-state index in [0.717, 1.165) is 60.1 Å². The zero-order valence-corrected chi connectivity index (χ0v) is 19.9. The topological polar surface area (TPSA) is 72.4 Å². The summed E-state index contributed by atoms with van der Waals surface area (Å²) < 4.78 is 11.4. The molecule has 0 bridgehead atoms. The standard InChI is InChI=1S/C26H33N5O2/c1-18(2)33-24-10-9-20(13-21(24)17-32-4)16-31-12-6-8-23(31)22-14-27-15-25(29-22)30-26-19(3)7-5-11-28-26/h5,7,9-11,13-15,18,23H,6,8,12,16-17H2,1-4H3,(H,28,29,30). The second-order valence-corrected chi connectivity index (χ2v) is 8.79. The lowest BCUT2D eigenvalue weighted by Crippen LogP contribution is -2.24. The fourth-order valence-corrected chi connectivity index (χ4v) is 4.29. The van der Waals surface area contributed by atoms with Gasteiger partial charge in [0.25, 0.3) is 0 Å². The molecule has 0 radical (unpaired) electrons. The van der Waals surface area contributed by atoms with Crippen LogP contribution in [0.1, 0.15) is 55.1 Å². The minimum absolute atomic E-state index is 0.128. The Morgan fingerprint density at radius 1 is 1.21 bits per heavy atom. The van der Waals surface area contributed by atoms with Crippen LogP contribution in [-0.2, 0) is 17.9 Å². The Morgan fingerprint density at radius 3 is 2.88 bits per heavy atom. The van der Waals surface area contributed by atoms with Gasteiger partial charge in [0.2, 0.25) is 0 Å². The number of ether oxygens (including phenoxy) is 2. The number of nitrogens with one attached hydrogen (secondary N) is 1. The van der Waals surface area contributed by atoms with Crippen LogP contribution in [0.15, 0.2) is 48.9 Å². The molecule has 174 valence electrons. The number of hydrogen-bond acceptors (Lipinski definition) is 7. The third-order valence-electron chi connectivity index (χ3n) is 5.79. The van der Waals surface area contributed by atoms with Crippen LogP contribution in [0.25, 0.3) is 0 Å². The Bertz CT molecular complexity index is 1070. The molecule has 0 aliphatic carbocycles. The summed E-state index contributed by atoms with van der Waals surface area (Å²) >= 11 is 0. The van der Waals surface area contributed by atoms with Crippen LogP contribution in [-0.4, -0.2) is 39.6 Å². The molecule has 1 aliphatic heterocycles. The number of aryl methyl sites for hydroxylation is 1. The summed E-state index contributed by atoms with van der Waals surface area (Å²) in [4.78, 5) is 16.2. The molecule has 7 heteroatoms. The lowest BCUT2D eigenvalue weighted by Gasteiger charge is -2.25. The molecule has 3 aromatic rings. The van der Waals surface area contributed by atoms with Gasteiger partial charge in [0.15, 0.2) is 0 Å². The molecular formula is C26H33N5O2. The molecule has 1 aliphatic rings. The van der Waals surface area contributed by atoms with Crippen molar-refractivity contribution < 1.29 is 9.47 Å². The lowest BCUT2D eigenvalue weighted by atomic mass is 10.1. The molecule has 0 amide bonds. The number of aromatic nitrogens is 3. The first kappa shape index (κ1) is 23.1. The van der Waals surface area contributed by atoms with Crippen LogP contribution >= 0.6 is 0 Å². The second kappa shape index (κ2) is 10.7. The van der Waals surface area contributed by atoms with E-state index in [1.807, 2.05) is 39.1 Å². The smallest absolute Gasteiger partial charge is 0.150 e. The number of hydrogen-bond donors (Lipinski definition) is 1. The molecule has 0 saturated carbocycles. The van der Waals surface area contributed by atoms with Gasteiger partial charge in [-0.1, -0.05) is 12.1 Å². The number of rotatable bonds is 9. The van der Waals surface area contributed by atoms with Gasteiger partial charge in [-0.25, -0.2) is 9.97 Å². The van der Waals surface area contributed by atoms with E-state index in [4.69, 9.17) is 14.5 Å². The van der Waals surface area contributed by atoms with Gasteiger partial charge >= 0.3 is 0 Å². The van der Waals surface area contributed by atoms with Gasteiger partial charge in [-0.3, -0.25) is 9.88 Å². The Hall–Kier alpha value is -3.03. The van der Waals surface area contributed by atoms with Gasteiger partial charge < -0.3 is 14.8 Å².